The molecular formula is C18H20N4O3. The number of carbonyl (C=O) groups is 1. The van der Waals surface area contributed by atoms with Crippen LogP contribution in [0.25, 0.3) is 11.0 Å². The molecule has 0 unspecified atom stereocenters. The number of ether oxygens (including phenoxy) is 1. The topological polar surface area (TPSA) is 82.2 Å². The first kappa shape index (κ1) is 15.8. The average Bonchev–Trinajstić information content (AvgIpc) is 3.34. The van der Waals surface area contributed by atoms with Gasteiger partial charge in [0.25, 0.3) is 5.91 Å². The molecule has 1 aliphatic heterocycles. The number of aryl methyl sites for hydroxylation is 1. The number of anilines is 1. The van der Waals surface area contributed by atoms with Gasteiger partial charge in [0.1, 0.15) is 24.1 Å². The molecule has 7 heteroatoms. The van der Waals surface area contributed by atoms with Crippen molar-refractivity contribution in [2.75, 3.05) is 11.9 Å². The molecule has 0 radical (unpaired) electrons. The molecule has 0 aliphatic carbocycles. The van der Waals surface area contributed by atoms with E-state index in [0.29, 0.717) is 11.4 Å². The predicted molar refractivity (Wildman–Crippen MR) is 92.6 cm³/mol. The number of hydrogen-bond acceptors (Lipinski definition) is 5. The van der Waals surface area contributed by atoms with Crippen LogP contribution < -0.4 is 5.32 Å². The third kappa shape index (κ3) is 2.80. The number of rotatable bonds is 4. The number of nitrogens with one attached hydrogen (secondary N) is 1. The number of furan rings is 1. The fourth-order valence-corrected chi connectivity index (χ4v) is 3.35. The SMILES string of the molecule is Cc1c(C)n(C[C@@H]2CCCO2)c2ncnc(NC(=O)c3ccoc3)c12. The van der Waals surface area contributed by atoms with Gasteiger partial charge in [-0.1, -0.05) is 0 Å². The molecule has 1 amide bonds. The third-order valence-corrected chi connectivity index (χ3v) is 4.83. The maximum absolute atomic E-state index is 12.3. The van der Waals surface area contributed by atoms with Crippen molar-refractivity contribution in [1.29, 1.82) is 0 Å². The molecular weight excluding hydrogens is 320 g/mol. The first-order valence-electron chi connectivity index (χ1n) is 8.40. The Hall–Kier alpha value is -2.67. The number of amides is 1. The van der Waals surface area contributed by atoms with Crippen LogP contribution >= 0.6 is 0 Å². The van der Waals surface area contributed by atoms with Crippen LogP contribution in [0, 0.1) is 13.8 Å². The lowest BCUT2D eigenvalue weighted by atomic mass is 10.2. The zero-order valence-electron chi connectivity index (χ0n) is 14.3. The summed E-state index contributed by atoms with van der Waals surface area (Å²) in [5.74, 6) is 0.264. The summed E-state index contributed by atoms with van der Waals surface area (Å²) in [7, 11) is 0. The van der Waals surface area contributed by atoms with Crippen LogP contribution in [0.1, 0.15) is 34.5 Å². The Labute approximate surface area is 145 Å². The van der Waals surface area contributed by atoms with Crippen molar-refractivity contribution in [3.05, 3.63) is 41.7 Å². The number of carbonyl (C=O) groups excluding carboxylic acids is 1. The van der Waals surface area contributed by atoms with Gasteiger partial charge in [-0.15, -0.1) is 0 Å². The fourth-order valence-electron chi connectivity index (χ4n) is 3.35. The highest BCUT2D eigenvalue weighted by Gasteiger charge is 2.22. The monoisotopic (exact) mass is 340 g/mol. The number of nitrogens with zero attached hydrogens (tertiary/aromatic N) is 3. The molecule has 0 aromatic carbocycles. The second-order valence-corrected chi connectivity index (χ2v) is 6.34. The van der Waals surface area contributed by atoms with Crippen LogP contribution in [0.5, 0.6) is 0 Å². The normalized spacial score (nSPS) is 17.3. The van der Waals surface area contributed by atoms with Gasteiger partial charge in [0.15, 0.2) is 0 Å². The Balaban J connectivity index is 1.72. The summed E-state index contributed by atoms with van der Waals surface area (Å²) in [5, 5.41) is 3.74. The van der Waals surface area contributed by atoms with E-state index in [0.717, 1.165) is 48.3 Å². The molecule has 3 aromatic heterocycles. The van der Waals surface area contributed by atoms with E-state index >= 15 is 0 Å². The maximum atomic E-state index is 12.3. The average molecular weight is 340 g/mol. The minimum absolute atomic E-state index is 0.215. The van der Waals surface area contributed by atoms with E-state index in [4.69, 9.17) is 9.15 Å². The Morgan fingerprint density at radius 3 is 3.00 bits per heavy atom. The molecule has 1 saturated heterocycles. The Bertz CT molecular complexity index is 908. The summed E-state index contributed by atoms with van der Waals surface area (Å²) >= 11 is 0. The van der Waals surface area contributed by atoms with Gasteiger partial charge < -0.3 is 19.0 Å². The molecule has 0 bridgehead atoms. The molecule has 7 nitrogen and oxygen atoms in total. The van der Waals surface area contributed by atoms with Crippen LogP contribution in [0.2, 0.25) is 0 Å². The first-order chi connectivity index (χ1) is 12.1. The maximum Gasteiger partial charge on any atom is 0.260 e. The summed E-state index contributed by atoms with van der Waals surface area (Å²) < 4.78 is 12.9. The van der Waals surface area contributed by atoms with Gasteiger partial charge >= 0.3 is 0 Å². The minimum atomic E-state index is -0.252. The Morgan fingerprint density at radius 2 is 2.28 bits per heavy atom. The van der Waals surface area contributed by atoms with Gasteiger partial charge in [0, 0.05) is 12.3 Å². The predicted octanol–water partition coefficient (Wildman–Crippen LogP) is 3.07. The second kappa shape index (κ2) is 6.33. The molecule has 0 saturated carbocycles. The molecule has 1 aliphatic rings. The Kier molecular flexibility index (Phi) is 4.01. The molecule has 1 atom stereocenters. The smallest absolute Gasteiger partial charge is 0.260 e. The quantitative estimate of drug-likeness (QED) is 0.789. The molecule has 3 aromatic rings. The van der Waals surface area contributed by atoms with Gasteiger partial charge in [-0.25, -0.2) is 9.97 Å². The van der Waals surface area contributed by atoms with E-state index in [2.05, 4.69) is 26.8 Å². The van der Waals surface area contributed by atoms with Gasteiger partial charge in [-0.05, 0) is 38.3 Å². The van der Waals surface area contributed by atoms with Crippen molar-refractivity contribution in [1.82, 2.24) is 14.5 Å². The van der Waals surface area contributed by atoms with Gasteiger partial charge in [-0.2, -0.15) is 0 Å². The van der Waals surface area contributed by atoms with Gasteiger partial charge in [-0.3, -0.25) is 4.79 Å². The van der Waals surface area contributed by atoms with Crippen molar-refractivity contribution in [3.63, 3.8) is 0 Å². The molecule has 4 heterocycles. The van der Waals surface area contributed by atoms with E-state index in [1.54, 1.807) is 6.07 Å². The number of fused-ring (bicyclic) bond motifs is 1. The molecule has 4 rings (SSSR count). The molecule has 1 fully saturated rings. The van der Waals surface area contributed by atoms with Crippen LogP contribution in [0.15, 0.2) is 29.3 Å². The van der Waals surface area contributed by atoms with Crippen LogP contribution in [0.4, 0.5) is 5.82 Å². The summed E-state index contributed by atoms with van der Waals surface area (Å²) in [6.07, 6.45) is 6.74. The van der Waals surface area contributed by atoms with E-state index in [1.165, 1.54) is 18.9 Å². The highest BCUT2D eigenvalue weighted by molar-refractivity contribution is 6.08. The lowest BCUT2D eigenvalue weighted by Crippen LogP contribution is -2.16. The van der Waals surface area contributed by atoms with Gasteiger partial charge in [0.2, 0.25) is 0 Å². The first-order valence-corrected chi connectivity index (χ1v) is 8.40. The zero-order chi connectivity index (χ0) is 17.4. The van der Waals surface area contributed by atoms with Crippen LogP contribution in [-0.2, 0) is 11.3 Å². The van der Waals surface area contributed by atoms with Crippen LogP contribution in [-0.4, -0.2) is 33.2 Å². The largest absolute Gasteiger partial charge is 0.472 e. The second-order valence-electron chi connectivity index (χ2n) is 6.34. The van der Waals surface area contributed by atoms with Gasteiger partial charge in [0.05, 0.1) is 29.9 Å². The van der Waals surface area contributed by atoms with Crippen LogP contribution in [0.3, 0.4) is 0 Å². The summed E-state index contributed by atoms with van der Waals surface area (Å²) in [6, 6.07) is 1.62. The number of hydrogen-bond donors (Lipinski definition) is 1. The van der Waals surface area contributed by atoms with Crippen molar-refractivity contribution in [3.8, 4) is 0 Å². The standard InChI is InChI=1S/C18H20N4O3/c1-11-12(2)22(8-14-4-3-6-25-14)17-15(11)16(19-10-20-17)21-18(23)13-5-7-24-9-13/h5,7,9-10,14H,3-4,6,8H2,1-2H3,(H,19,20,21,23)/t14-/m0/s1. The Morgan fingerprint density at radius 1 is 1.40 bits per heavy atom. The van der Waals surface area contributed by atoms with E-state index < -0.39 is 0 Å². The molecule has 25 heavy (non-hydrogen) atoms. The van der Waals surface area contributed by atoms with Crippen molar-refractivity contribution in [2.45, 2.75) is 39.3 Å². The zero-order valence-corrected chi connectivity index (χ0v) is 14.3. The highest BCUT2D eigenvalue weighted by Crippen LogP contribution is 2.30. The summed E-state index contributed by atoms with van der Waals surface area (Å²) in [4.78, 5) is 21.1. The molecule has 0 spiro atoms. The number of aromatic nitrogens is 3. The fraction of sp³-hybridized carbons (Fsp3) is 0.389. The van der Waals surface area contributed by atoms with E-state index in [1.807, 2.05) is 6.92 Å². The lowest BCUT2D eigenvalue weighted by molar-refractivity contribution is 0.0974. The lowest BCUT2D eigenvalue weighted by Gasteiger charge is -2.13. The third-order valence-electron chi connectivity index (χ3n) is 4.83. The highest BCUT2D eigenvalue weighted by atomic mass is 16.5. The van der Waals surface area contributed by atoms with E-state index in [-0.39, 0.29) is 12.0 Å². The van der Waals surface area contributed by atoms with Crippen molar-refractivity contribution >= 4 is 22.8 Å². The van der Waals surface area contributed by atoms with E-state index in [9.17, 15) is 4.79 Å². The van der Waals surface area contributed by atoms with Crippen molar-refractivity contribution in [2.24, 2.45) is 0 Å². The summed E-state index contributed by atoms with van der Waals surface area (Å²) in [6.45, 7) is 5.68. The molecule has 130 valence electrons. The summed E-state index contributed by atoms with van der Waals surface area (Å²) in [5.41, 5.74) is 3.46. The van der Waals surface area contributed by atoms with Crippen molar-refractivity contribution < 1.29 is 13.9 Å². The minimum Gasteiger partial charge on any atom is -0.472 e. The molecule has 1 N–H and O–H groups in total.